The molecular formula is C21H31N3O2S. The first kappa shape index (κ1) is 19.1. The van der Waals surface area contributed by atoms with Crippen LogP contribution in [0.3, 0.4) is 0 Å². The number of fused-ring (bicyclic) bond motifs is 3. The Morgan fingerprint density at radius 3 is 2.70 bits per heavy atom. The highest BCUT2D eigenvalue weighted by Crippen LogP contribution is 2.47. The summed E-state index contributed by atoms with van der Waals surface area (Å²) in [7, 11) is 4.35. The van der Waals surface area contributed by atoms with Crippen LogP contribution in [-0.4, -0.2) is 54.3 Å². The van der Waals surface area contributed by atoms with Crippen LogP contribution in [0, 0.1) is 0 Å². The Hall–Kier alpha value is -1.24. The Morgan fingerprint density at radius 1 is 1.15 bits per heavy atom. The fourth-order valence-electron chi connectivity index (χ4n) is 4.63. The van der Waals surface area contributed by atoms with Gasteiger partial charge in [0, 0.05) is 24.1 Å². The number of rotatable bonds is 7. The van der Waals surface area contributed by atoms with Gasteiger partial charge < -0.3 is 14.4 Å². The zero-order chi connectivity index (χ0) is 18.8. The average molecular weight is 390 g/mol. The van der Waals surface area contributed by atoms with E-state index in [0.717, 1.165) is 49.6 Å². The summed E-state index contributed by atoms with van der Waals surface area (Å²) in [6, 6.07) is 0.684. The molecule has 1 saturated carbocycles. The van der Waals surface area contributed by atoms with Gasteiger partial charge in [-0.2, -0.15) is 0 Å². The molecule has 0 N–H and O–H groups in total. The maximum absolute atomic E-state index is 6.46. The summed E-state index contributed by atoms with van der Waals surface area (Å²) in [5.41, 5.74) is 1.45. The molecule has 0 saturated heterocycles. The number of aryl methyl sites for hydroxylation is 1. The molecule has 1 fully saturated rings. The molecule has 27 heavy (non-hydrogen) atoms. The van der Waals surface area contributed by atoms with Gasteiger partial charge in [0.1, 0.15) is 17.3 Å². The van der Waals surface area contributed by atoms with Gasteiger partial charge in [-0.05, 0) is 77.4 Å². The number of aromatic nitrogens is 2. The molecule has 0 bridgehead atoms. The molecule has 2 aliphatic carbocycles. The molecule has 6 heteroatoms. The Morgan fingerprint density at radius 2 is 1.96 bits per heavy atom. The predicted octanol–water partition coefficient (Wildman–Crippen LogP) is 4.40. The highest BCUT2D eigenvalue weighted by atomic mass is 32.1. The second kappa shape index (κ2) is 8.41. The van der Waals surface area contributed by atoms with Crippen molar-refractivity contribution in [1.29, 1.82) is 0 Å². The number of hydrogen-bond acceptors (Lipinski definition) is 6. The van der Waals surface area contributed by atoms with Crippen LogP contribution in [0.2, 0.25) is 0 Å². The zero-order valence-electron chi connectivity index (χ0n) is 16.7. The molecule has 2 aliphatic rings. The third kappa shape index (κ3) is 3.98. The molecule has 2 aromatic heterocycles. The maximum Gasteiger partial charge on any atom is 0.225 e. The molecule has 0 amide bonds. The van der Waals surface area contributed by atoms with Crippen molar-refractivity contribution < 1.29 is 9.47 Å². The fraction of sp³-hybridized carbons (Fsp3) is 0.714. The normalized spacial score (nSPS) is 25.3. The Labute approximate surface area is 166 Å². The smallest absolute Gasteiger partial charge is 0.225 e. The topological polar surface area (TPSA) is 47.5 Å². The Bertz CT molecular complexity index is 768. The highest BCUT2D eigenvalue weighted by Gasteiger charge is 2.31. The fourth-order valence-corrected chi connectivity index (χ4v) is 5.86. The SMILES string of the molecule is CCOCCC1CCc2sc3ncnc(O[C@H]4CC[C@H](N(C)C)CC4)c3c21. The summed E-state index contributed by atoms with van der Waals surface area (Å²) >= 11 is 1.83. The number of hydrogen-bond donors (Lipinski definition) is 0. The lowest BCUT2D eigenvalue weighted by Gasteiger charge is -2.32. The van der Waals surface area contributed by atoms with Crippen molar-refractivity contribution in [3.05, 3.63) is 16.8 Å². The van der Waals surface area contributed by atoms with Crippen LogP contribution in [0.15, 0.2) is 6.33 Å². The zero-order valence-corrected chi connectivity index (χ0v) is 17.6. The number of ether oxygens (including phenoxy) is 2. The second-order valence-electron chi connectivity index (χ2n) is 8.03. The minimum absolute atomic E-state index is 0.276. The van der Waals surface area contributed by atoms with Gasteiger partial charge in [0.25, 0.3) is 0 Å². The van der Waals surface area contributed by atoms with Gasteiger partial charge in [0.15, 0.2) is 0 Å². The van der Waals surface area contributed by atoms with Gasteiger partial charge >= 0.3 is 0 Å². The predicted molar refractivity (Wildman–Crippen MR) is 110 cm³/mol. The summed E-state index contributed by atoms with van der Waals surface area (Å²) in [4.78, 5) is 14.0. The number of thiophene rings is 1. The van der Waals surface area contributed by atoms with E-state index in [9.17, 15) is 0 Å². The van der Waals surface area contributed by atoms with Crippen molar-refractivity contribution in [2.45, 2.75) is 69.9 Å². The van der Waals surface area contributed by atoms with E-state index in [1.54, 1.807) is 6.33 Å². The van der Waals surface area contributed by atoms with Crippen LogP contribution < -0.4 is 4.74 Å². The lowest BCUT2D eigenvalue weighted by molar-refractivity contribution is 0.108. The quantitative estimate of drug-likeness (QED) is 0.657. The van der Waals surface area contributed by atoms with Crippen LogP contribution in [-0.2, 0) is 11.2 Å². The van der Waals surface area contributed by atoms with Gasteiger partial charge in [-0.3, -0.25) is 0 Å². The molecule has 2 heterocycles. The second-order valence-corrected chi connectivity index (χ2v) is 9.11. The van der Waals surface area contributed by atoms with E-state index in [4.69, 9.17) is 9.47 Å². The highest BCUT2D eigenvalue weighted by molar-refractivity contribution is 7.19. The molecular weight excluding hydrogens is 358 g/mol. The van der Waals surface area contributed by atoms with Crippen molar-refractivity contribution in [2.24, 2.45) is 0 Å². The minimum atomic E-state index is 0.276. The van der Waals surface area contributed by atoms with Crippen LogP contribution >= 0.6 is 11.3 Å². The monoisotopic (exact) mass is 389 g/mol. The molecule has 4 rings (SSSR count). The van der Waals surface area contributed by atoms with Gasteiger partial charge in [0.05, 0.1) is 5.39 Å². The lowest BCUT2D eigenvalue weighted by atomic mass is 9.92. The lowest BCUT2D eigenvalue weighted by Crippen LogP contribution is -2.35. The van der Waals surface area contributed by atoms with Crippen LogP contribution in [0.1, 0.15) is 61.8 Å². The summed E-state index contributed by atoms with van der Waals surface area (Å²) in [6.45, 7) is 3.68. The van der Waals surface area contributed by atoms with Crippen molar-refractivity contribution in [1.82, 2.24) is 14.9 Å². The molecule has 1 atom stereocenters. The largest absolute Gasteiger partial charge is 0.474 e. The van der Waals surface area contributed by atoms with Crippen LogP contribution in [0.5, 0.6) is 5.88 Å². The van der Waals surface area contributed by atoms with Gasteiger partial charge in [-0.1, -0.05) is 0 Å². The van der Waals surface area contributed by atoms with Gasteiger partial charge in [0.2, 0.25) is 5.88 Å². The van der Waals surface area contributed by atoms with Crippen LogP contribution in [0.25, 0.3) is 10.2 Å². The van der Waals surface area contributed by atoms with Crippen molar-refractivity contribution in [3.63, 3.8) is 0 Å². The number of nitrogens with zero attached hydrogens (tertiary/aromatic N) is 3. The molecule has 2 aromatic rings. The Kier molecular flexibility index (Phi) is 5.95. The summed E-state index contributed by atoms with van der Waals surface area (Å²) in [6.07, 6.45) is 10.0. The third-order valence-corrected chi connectivity index (χ3v) is 7.34. The summed E-state index contributed by atoms with van der Waals surface area (Å²) in [5, 5.41) is 1.19. The van der Waals surface area contributed by atoms with Gasteiger partial charge in [-0.15, -0.1) is 11.3 Å². The van der Waals surface area contributed by atoms with E-state index in [2.05, 4.69) is 35.9 Å². The summed E-state index contributed by atoms with van der Waals surface area (Å²) in [5.74, 6) is 1.37. The third-order valence-electron chi connectivity index (χ3n) is 6.16. The molecule has 0 aromatic carbocycles. The molecule has 148 valence electrons. The maximum atomic E-state index is 6.46. The van der Waals surface area contributed by atoms with E-state index in [0.29, 0.717) is 12.0 Å². The van der Waals surface area contributed by atoms with E-state index < -0.39 is 0 Å². The molecule has 0 radical (unpaired) electrons. The summed E-state index contributed by atoms with van der Waals surface area (Å²) < 4.78 is 12.1. The molecule has 5 nitrogen and oxygen atoms in total. The first-order valence-corrected chi connectivity index (χ1v) is 11.2. The van der Waals surface area contributed by atoms with E-state index in [1.165, 1.54) is 35.1 Å². The minimum Gasteiger partial charge on any atom is -0.474 e. The van der Waals surface area contributed by atoms with Crippen molar-refractivity contribution in [3.8, 4) is 5.88 Å². The Balaban J connectivity index is 1.54. The van der Waals surface area contributed by atoms with Crippen molar-refractivity contribution >= 4 is 21.6 Å². The van der Waals surface area contributed by atoms with E-state index in [1.807, 2.05) is 11.3 Å². The molecule has 0 aliphatic heterocycles. The average Bonchev–Trinajstić information content (AvgIpc) is 3.22. The van der Waals surface area contributed by atoms with Crippen molar-refractivity contribution in [2.75, 3.05) is 27.3 Å². The molecule has 1 unspecified atom stereocenters. The standard InChI is InChI=1S/C21H31N3O2S/c1-4-25-12-11-14-5-10-17-18(14)19-20(22-13-23-21(19)27-17)26-16-8-6-15(7-9-16)24(2)3/h13-16H,4-12H2,1-3H3/t14?,15-,16-. The van der Waals surface area contributed by atoms with E-state index in [-0.39, 0.29) is 6.10 Å². The first-order chi connectivity index (χ1) is 13.2. The van der Waals surface area contributed by atoms with E-state index >= 15 is 0 Å². The first-order valence-electron chi connectivity index (χ1n) is 10.3. The van der Waals surface area contributed by atoms with Crippen LogP contribution in [0.4, 0.5) is 0 Å². The molecule has 0 spiro atoms. The van der Waals surface area contributed by atoms with Gasteiger partial charge in [-0.25, -0.2) is 9.97 Å².